The summed E-state index contributed by atoms with van der Waals surface area (Å²) in [5, 5.41) is 0. The van der Waals surface area contributed by atoms with Crippen molar-refractivity contribution in [1.82, 2.24) is 4.90 Å². The molecule has 0 bridgehead atoms. The fourth-order valence-corrected chi connectivity index (χ4v) is 2.34. The van der Waals surface area contributed by atoms with Gasteiger partial charge in [-0.1, -0.05) is 25.1 Å². The highest BCUT2D eigenvalue weighted by Crippen LogP contribution is 2.26. The highest BCUT2D eigenvalue weighted by atomic mass is 15.2. The molecule has 1 aliphatic heterocycles. The first-order valence-corrected chi connectivity index (χ1v) is 5.71. The van der Waals surface area contributed by atoms with Crippen LogP contribution in [0, 0.1) is 0 Å². The summed E-state index contributed by atoms with van der Waals surface area (Å²) in [4.78, 5) is 4.81. The molecule has 1 atom stereocenters. The second-order valence-corrected chi connectivity index (χ2v) is 4.44. The number of nitrogens with zero attached hydrogens (tertiary/aromatic N) is 2. The van der Waals surface area contributed by atoms with E-state index >= 15 is 0 Å². The third-order valence-corrected chi connectivity index (χ3v) is 3.47. The molecule has 0 radical (unpaired) electrons. The molecule has 0 saturated carbocycles. The highest BCUT2D eigenvalue weighted by molar-refractivity contribution is 5.55. The Labute approximate surface area is 92.5 Å². The maximum Gasteiger partial charge on any atom is 0.0397 e. The molecule has 2 nitrogen and oxygen atoms in total. The van der Waals surface area contributed by atoms with Crippen LogP contribution in [0.4, 0.5) is 5.69 Å². The van der Waals surface area contributed by atoms with E-state index in [1.807, 2.05) is 0 Å². The lowest BCUT2D eigenvalue weighted by molar-refractivity contribution is 0.251. The maximum absolute atomic E-state index is 2.44. The SMILES string of the molecule is CCN(C)[C@@H]1Cc2ccccc2N(C)C1. The Morgan fingerprint density at radius 2 is 2.13 bits per heavy atom. The van der Waals surface area contributed by atoms with Gasteiger partial charge in [0.2, 0.25) is 0 Å². The molecular formula is C13H20N2. The summed E-state index contributed by atoms with van der Waals surface area (Å²) in [6, 6.07) is 9.40. The van der Waals surface area contributed by atoms with Crippen LogP contribution < -0.4 is 4.90 Å². The van der Waals surface area contributed by atoms with E-state index in [1.54, 1.807) is 0 Å². The number of anilines is 1. The molecule has 0 N–H and O–H groups in total. The number of likely N-dealkylation sites (N-methyl/N-ethyl adjacent to an activating group) is 2. The number of fused-ring (bicyclic) bond motifs is 1. The third kappa shape index (κ3) is 2.00. The Bertz CT molecular complexity index is 335. The molecule has 2 heteroatoms. The maximum atomic E-state index is 2.44. The molecule has 0 unspecified atom stereocenters. The van der Waals surface area contributed by atoms with E-state index in [2.05, 4.69) is 55.1 Å². The van der Waals surface area contributed by atoms with Gasteiger partial charge in [0.1, 0.15) is 0 Å². The lowest BCUT2D eigenvalue weighted by atomic mass is 9.97. The van der Waals surface area contributed by atoms with Gasteiger partial charge in [0, 0.05) is 25.3 Å². The third-order valence-electron chi connectivity index (χ3n) is 3.47. The van der Waals surface area contributed by atoms with E-state index in [0.717, 1.165) is 13.1 Å². The quantitative estimate of drug-likeness (QED) is 0.727. The predicted octanol–water partition coefficient (Wildman–Crippen LogP) is 2.00. The molecule has 82 valence electrons. The van der Waals surface area contributed by atoms with Crippen LogP contribution in [-0.2, 0) is 6.42 Å². The number of para-hydroxylation sites is 1. The van der Waals surface area contributed by atoms with E-state index < -0.39 is 0 Å². The first kappa shape index (κ1) is 10.5. The Morgan fingerprint density at radius 1 is 1.40 bits per heavy atom. The molecule has 0 spiro atoms. The van der Waals surface area contributed by atoms with Gasteiger partial charge in [-0.2, -0.15) is 0 Å². The molecule has 0 amide bonds. The topological polar surface area (TPSA) is 6.48 Å². The van der Waals surface area contributed by atoms with Crippen molar-refractivity contribution in [1.29, 1.82) is 0 Å². The predicted molar refractivity (Wildman–Crippen MR) is 65.5 cm³/mol. The summed E-state index contributed by atoms with van der Waals surface area (Å²) in [6.07, 6.45) is 1.19. The van der Waals surface area contributed by atoms with Crippen LogP contribution in [-0.4, -0.2) is 38.1 Å². The van der Waals surface area contributed by atoms with Crippen LogP contribution in [0.3, 0.4) is 0 Å². The standard InChI is InChI=1S/C13H20N2/c1-4-14(2)12-9-11-7-5-6-8-13(11)15(3)10-12/h5-8,12H,4,9-10H2,1-3H3/t12-/m1/s1. The molecule has 0 aromatic heterocycles. The highest BCUT2D eigenvalue weighted by Gasteiger charge is 2.23. The van der Waals surface area contributed by atoms with Crippen molar-refractivity contribution in [3.63, 3.8) is 0 Å². The van der Waals surface area contributed by atoms with E-state index in [9.17, 15) is 0 Å². The summed E-state index contributed by atoms with van der Waals surface area (Å²) in [7, 11) is 4.40. The van der Waals surface area contributed by atoms with Crippen LogP contribution in [0.1, 0.15) is 12.5 Å². The molecule has 15 heavy (non-hydrogen) atoms. The van der Waals surface area contributed by atoms with Crippen molar-refractivity contribution in [2.75, 3.05) is 32.1 Å². The van der Waals surface area contributed by atoms with Crippen molar-refractivity contribution in [3.8, 4) is 0 Å². The summed E-state index contributed by atoms with van der Waals surface area (Å²) in [6.45, 7) is 4.49. The van der Waals surface area contributed by atoms with Crippen molar-refractivity contribution >= 4 is 5.69 Å². The first-order chi connectivity index (χ1) is 7.22. The summed E-state index contributed by atoms with van der Waals surface area (Å²) < 4.78 is 0. The van der Waals surface area contributed by atoms with Gasteiger partial charge in [-0.15, -0.1) is 0 Å². The Balaban J connectivity index is 2.22. The second-order valence-electron chi connectivity index (χ2n) is 4.44. The van der Waals surface area contributed by atoms with Crippen LogP contribution in [0.25, 0.3) is 0 Å². The molecule has 1 aromatic carbocycles. The fraction of sp³-hybridized carbons (Fsp3) is 0.538. The van der Waals surface area contributed by atoms with E-state index in [4.69, 9.17) is 0 Å². The lowest BCUT2D eigenvalue weighted by Crippen LogP contribution is -2.45. The Hall–Kier alpha value is -1.02. The molecule has 0 aliphatic carbocycles. The zero-order valence-corrected chi connectivity index (χ0v) is 9.90. The van der Waals surface area contributed by atoms with Crippen molar-refractivity contribution < 1.29 is 0 Å². The van der Waals surface area contributed by atoms with Crippen LogP contribution >= 0.6 is 0 Å². The number of hydrogen-bond acceptors (Lipinski definition) is 2. The largest absolute Gasteiger partial charge is 0.373 e. The smallest absolute Gasteiger partial charge is 0.0397 e. The van der Waals surface area contributed by atoms with Gasteiger partial charge < -0.3 is 9.80 Å². The van der Waals surface area contributed by atoms with Crippen molar-refractivity contribution in [2.24, 2.45) is 0 Å². The fourth-order valence-electron chi connectivity index (χ4n) is 2.34. The van der Waals surface area contributed by atoms with E-state index in [-0.39, 0.29) is 0 Å². The van der Waals surface area contributed by atoms with Gasteiger partial charge in [-0.25, -0.2) is 0 Å². The van der Waals surface area contributed by atoms with Gasteiger partial charge in [0.15, 0.2) is 0 Å². The first-order valence-electron chi connectivity index (χ1n) is 5.71. The van der Waals surface area contributed by atoms with E-state index in [1.165, 1.54) is 17.7 Å². The molecule has 2 rings (SSSR count). The average molecular weight is 204 g/mol. The van der Waals surface area contributed by atoms with Gasteiger partial charge in [0.05, 0.1) is 0 Å². The molecule has 0 fully saturated rings. The minimum Gasteiger partial charge on any atom is -0.373 e. The molecular weight excluding hydrogens is 184 g/mol. The Morgan fingerprint density at radius 3 is 2.87 bits per heavy atom. The van der Waals surface area contributed by atoms with Gasteiger partial charge in [0.25, 0.3) is 0 Å². The van der Waals surface area contributed by atoms with Gasteiger partial charge in [-0.05, 0) is 31.6 Å². The van der Waals surface area contributed by atoms with Crippen LogP contribution in [0.5, 0.6) is 0 Å². The van der Waals surface area contributed by atoms with Crippen molar-refractivity contribution in [3.05, 3.63) is 29.8 Å². The molecule has 1 aromatic rings. The molecule has 1 aliphatic rings. The minimum atomic E-state index is 0.662. The van der Waals surface area contributed by atoms with Gasteiger partial charge >= 0.3 is 0 Å². The summed E-state index contributed by atoms with van der Waals surface area (Å²) in [5.41, 5.74) is 2.88. The van der Waals surface area contributed by atoms with E-state index in [0.29, 0.717) is 6.04 Å². The van der Waals surface area contributed by atoms with Crippen LogP contribution in [0.15, 0.2) is 24.3 Å². The lowest BCUT2D eigenvalue weighted by Gasteiger charge is -2.37. The average Bonchev–Trinajstić information content (AvgIpc) is 2.28. The van der Waals surface area contributed by atoms with Crippen molar-refractivity contribution in [2.45, 2.75) is 19.4 Å². The van der Waals surface area contributed by atoms with Crippen LogP contribution in [0.2, 0.25) is 0 Å². The monoisotopic (exact) mass is 204 g/mol. The molecule has 0 saturated heterocycles. The second kappa shape index (κ2) is 4.23. The Kier molecular flexibility index (Phi) is 2.96. The number of benzene rings is 1. The van der Waals surface area contributed by atoms with Gasteiger partial charge in [-0.3, -0.25) is 0 Å². The summed E-state index contributed by atoms with van der Waals surface area (Å²) in [5.74, 6) is 0. The zero-order valence-electron chi connectivity index (χ0n) is 9.90. The minimum absolute atomic E-state index is 0.662. The normalized spacial score (nSPS) is 20.5. The zero-order chi connectivity index (χ0) is 10.8. The number of rotatable bonds is 2. The molecule has 1 heterocycles. The summed E-state index contributed by atoms with van der Waals surface area (Å²) >= 11 is 0. The number of hydrogen-bond donors (Lipinski definition) is 0.